The molecule has 0 saturated heterocycles. The van der Waals surface area contributed by atoms with Crippen molar-refractivity contribution in [2.45, 2.75) is 27.5 Å². The first-order chi connectivity index (χ1) is 29.6. The number of sulfone groups is 2. The third-order valence-corrected chi connectivity index (χ3v) is 14.3. The molecule has 0 saturated carbocycles. The molecule has 312 valence electrons. The number of ketones is 3. The molecular weight excluding hydrogens is 951 g/mol. The van der Waals surface area contributed by atoms with E-state index in [1.54, 1.807) is 115 Å². The van der Waals surface area contributed by atoms with Crippen LogP contribution in [0.2, 0.25) is 15.1 Å². The van der Waals surface area contributed by atoms with E-state index < -0.39 is 25.5 Å². The van der Waals surface area contributed by atoms with E-state index in [2.05, 4.69) is 15.9 Å². The highest BCUT2D eigenvalue weighted by molar-refractivity contribution is 9.10. The van der Waals surface area contributed by atoms with Gasteiger partial charge >= 0.3 is 0 Å². The van der Waals surface area contributed by atoms with Gasteiger partial charge in [-0.2, -0.15) is 0 Å². The zero-order valence-corrected chi connectivity index (χ0v) is 37.9. The quantitative estimate of drug-likeness (QED) is 0.0833. The molecule has 0 bridgehead atoms. The Morgan fingerprint density at radius 2 is 0.887 bits per heavy atom. The predicted molar refractivity (Wildman–Crippen MR) is 249 cm³/mol. The molecule has 62 heavy (non-hydrogen) atoms. The Balaban J connectivity index is 0.000000214. The van der Waals surface area contributed by atoms with Gasteiger partial charge in [-0.25, -0.2) is 16.8 Å². The molecule has 0 spiro atoms. The minimum absolute atomic E-state index is 0.0135. The summed E-state index contributed by atoms with van der Waals surface area (Å²) in [4.78, 5) is 38.4. The topological polar surface area (TPSA) is 119 Å². The fourth-order valence-electron chi connectivity index (χ4n) is 6.26. The van der Waals surface area contributed by atoms with Gasteiger partial charge in [0.05, 0.1) is 14.7 Å². The van der Waals surface area contributed by atoms with Gasteiger partial charge in [-0.3, -0.25) is 14.4 Å². The van der Waals surface area contributed by atoms with Crippen LogP contribution in [0.3, 0.4) is 0 Å². The molecule has 0 atom stereocenters. The van der Waals surface area contributed by atoms with Crippen molar-refractivity contribution in [1.29, 1.82) is 0 Å². The number of hydrogen-bond donors (Lipinski definition) is 0. The Morgan fingerprint density at radius 1 is 0.484 bits per heavy atom. The summed E-state index contributed by atoms with van der Waals surface area (Å²) in [6.07, 6.45) is 1.10. The van der Waals surface area contributed by atoms with Gasteiger partial charge in [0.2, 0.25) is 25.5 Å². The first-order valence-corrected chi connectivity index (χ1v) is 23.6. The molecule has 7 aromatic rings. The summed E-state index contributed by atoms with van der Waals surface area (Å²) in [6, 6.07) is 47.1. The van der Waals surface area contributed by atoms with E-state index >= 15 is 0 Å². The smallest absolute Gasteiger partial charge is 0.210 e. The van der Waals surface area contributed by atoms with Crippen molar-refractivity contribution in [3.63, 3.8) is 0 Å². The van der Waals surface area contributed by atoms with Crippen molar-refractivity contribution < 1.29 is 31.2 Å². The molecule has 0 heterocycles. The van der Waals surface area contributed by atoms with Gasteiger partial charge in [0.1, 0.15) is 4.91 Å². The normalized spacial score (nSPS) is 11.6. The molecule has 0 unspecified atom stereocenters. The molecule has 0 aliphatic heterocycles. The van der Waals surface area contributed by atoms with E-state index in [1.807, 2.05) is 0 Å². The fourth-order valence-corrected chi connectivity index (χ4v) is 10.1. The fraction of sp³-hybridized carbons (Fsp3) is 0.0408. The standard InChI is InChI=1S/C28H20Cl2O4S.C21H14BrClO3S/c29-23-11-13-27(21(15-23)17-25(31)19-7-3-1-4-8-19)35(33,34)28-14-12-24(30)16-22(28)18-26(32)20-9-5-2-6-10-20;22-17-8-6-15(7-9-17)14-20(21(24)16-4-2-1-3-5-16)27(25,26)19-12-10-18(23)11-13-19/h1-16H,17-18H2;1-14H. The van der Waals surface area contributed by atoms with Gasteiger partial charge < -0.3 is 0 Å². The SMILES string of the molecule is O=C(C(=Cc1ccc(Br)cc1)S(=O)(=O)c1ccc(Cl)cc1)c1ccccc1.O=C(Cc1cc(Cl)ccc1S(=O)(=O)c1ccc(Cl)cc1CC(=O)c1ccccc1)c1ccccc1. The molecule has 0 amide bonds. The summed E-state index contributed by atoms with van der Waals surface area (Å²) >= 11 is 21.5. The average molecular weight is 985 g/mol. The second kappa shape index (κ2) is 20.6. The van der Waals surface area contributed by atoms with Crippen molar-refractivity contribution in [3.8, 4) is 0 Å². The Bertz CT molecular complexity index is 2890. The van der Waals surface area contributed by atoms with Crippen molar-refractivity contribution in [2.75, 3.05) is 0 Å². The lowest BCUT2D eigenvalue weighted by Crippen LogP contribution is -2.14. The van der Waals surface area contributed by atoms with E-state index in [9.17, 15) is 31.2 Å². The van der Waals surface area contributed by atoms with E-state index in [1.165, 1.54) is 66.7 Å². The van der Waals surface area contributed by atoms with Crippen LogP contribution in [0.1, 0.15) is 47.8 Å². The van der Waals surface area contributed by atoms with Crippen LogP contribution in [0.15, 0.2) is 200 Å². The maximum absolute atomic E-state index is 13.8. The molecule has 0 radical (unpaired) electrons. The van der Waals surface area contributed by atoms with Crippen molar-refractivity contribution in [3.05, 3.63) is 234 Å². The number of benzene rings is 7. The van der Waals surface area contributed by atoms with Crippen molar-refractivity contribution in [1.82, 2.24) is 0 Å². The highest BCUT2D eigenvalue weighted by Crippen LogP contribution is 2.32. The van der Waals surface area contributed by atoms with Crippen LogP contribution in [0, 0.1) is 0 Å². The first kappa shape index (κ1) is 46.1. The lowest BCUT2D eigenvalue weighted by molar-refractivity contribution is 0.0984. The van der Waals surface area contributed by atoms with Crippen molar-refractivity contribution >= 4 is 93.8 Å². The van der Waals surface area contributed by atoms with Gasteiger partial charge in [0, 0.05) is 49.1 Å². The summed E-state index contributed by atoms with van der Waals surface area (Å²) in [7, 11) is -8.14. The molecular formula is C49H34BrCl3O7S2. The lowest BCUT2D eigenvalue weighted by Gasteiger charge is -2.14. The van der Waals surface area contributed by atoms with Gasteiger partial charge in [0.15, 0.2) is 11.6 Å². The zero-order chi connectivity index (χ0) is 44.4. The molecule has 0 aliphatic carbocycles. The summed E-state index contributed by atoms with van der Waals surface area (Å²) in [5.41, 5.74) is 2.41. The monoisotopic (exact) mass is 982 g/mol. The number of Topliss-reactive ketones (excluding diaryl/α,β-unsaturated/α-hetero) is 3. The Labute approximate surface area is 383 Å². The zero-order valence-electron chi connectivity index (χ0n) is 32.4. The molecule has 7 rings (SSSR count). The summed E-state index contributed by atoms with van der Waals surface area (Å²) in [5, 5.41) is 1.05. The van der Waals surface area contributed by atoms with E-state index in [0.717, 1.165) is 4.47 Å². The second-order valence-corrected chi connectivity index (χ2v) is 19.7. The van der Waals surface area contributed by atoms with Crippen molar-refractivity contribution in [2.24, 2.45) is 0 Å². The number of carbonyl (C=O) groups is 3. The largest absolute Gasteiger partial charge is 0.294 e. The Hall–Kier alpha value is -5.46. The molecule has 7 aromatic carbocycles. The van der Waals surface area contributed by atoms with Crippen LogP contribution in [0.25, 0.3) is 6.08 Å². The van der Waals surface area contributed by atoms with Gasteiger partial charge in [0.25, 0.3) is 0 Å². The lowest BCUT2D eigenvalue weighted by atomic mass is 10.0. The molecule has 0 N–H and O–H groups in total. The number of carbonyl (C=O) groups excluding carboxylic acids is 3. The van der Waals surface area contributed by atoms with Gasteiger partial charge in [-0.15, -0.1) is 0 Å². The average Bonchev–Trinajstić information content (AvgIpc) is 3.27. The maximum Gasteiger partial charge on any atom is 0.210 e. The predicted octanol–water partition coefficient (Wildman–Crippen LogP) is 12.5. The summed E-state index contributed by atoms with van der Waals surface area (Å²) in [6.45, 7) is 0. The third kappa shape index (κ3) is 11.5. The minimum atomic E-state index is -4.11. The summed E-state index contributed by atoms with van der Waals surface area (Å²) in [5.74, 6) is -1.03. The Kier molecular flexibility index (Phi) is 15.3. The van der Waals surface area contributed by atoms with Crippen LogP contribution in [-0.4, -0.2) is 34.2 Å². The maximum atomic E-state index is 13.8. The number of halogens is 4. The van der Waals surface area contributed by atoms with Crippen LogP contribution in [-0.2, 0) is 32.5 Å². The molecule has 13 heteroatoms. The highest BCUT2D eigenvalue weighted by Gasteiger charge is 2.29. The number of rotatable bonds is 13. The molecule has 0 aliphatic rings. The van der Waals surface area contributed by atoms with Crippen LogP contribution >= 0.6 is 50.7 Å². The van der Waals surface area contributed by atoms with Crippen LogP contribution in [0.5, 0.6) is 0 Å². The minimum Gasteiger partial charge on any atom is -0.294 e. The Morgan fingerprint density at radius 3 is 1.32 bits per heavy atom. The molecule has 7 nitrogen and oxygen atoms in total. The van der Waals surface area contributed by atoms with E-state index in [4.69, 9.17) is 34.8 Å². The van der Waals surface area contributed by atoms with Crippen LogP contribution in [0.4, 0.5) is 0 Å². The second-order valence-electron chi connectivity index (χ2n) is 13.7. The third-order valence-electron chi connectivity index (χ3n) is 9.36. The molecule has 0 aromatic heterocycles. The number of hydrogen-bond acceptors (Lipinski definition) is 7. The van der Waals surface area contributed by atoms with E-state index in [-0.39, 0.29) is 55.1 Å². The van der Waals surface area contributed by atoms with Crippen LogP contribution < -0.4 is 0 Å². The van der Waals surface area contributed by atoms with E-state index in [0.29, 0.717) is 37.3 Å². The molecule has 0 fully saturated rings. The van der Waals surface area contributed by atoms with Gasteiger partial charge in [-0.1, -0.05) is 154 Å². The highest BCUT2D eigenvalue weighted by atomic mass is 79.9. The van der Waals surface area contributed by atoms with Gasteiger partial charge in [-0.05, 0) is 95.6 Å². The first-order valence-electron chi connectivity index (χ1n) is 18.7. The summed E-state index contributed by atoms with van der Waals surface area (Å²) < 4.78 is 54.9. The number of allylic oxidation sites excluding steroid dienone is 1.